The van der Waals surface area contributed by atoms with Crippen LogP contribution in [-0.2, 0) is 0 Å². The Kier molecular flexibility index (Phi) is 6.32. The van der Waals surface area contributed by atoms with E-state index in [1.807, 2.05) is 13.0 Å². The molecule has 20 heavy (non-hydrogen) atoms. The molecule has 1 aromatic rings. The normalized spacial score (nSPS) is 11.4. The average molecular weight is 286 g/mol. The van der Waals surface area contributed by atoms with Gasteiger partial charge in [-0.15, -0.1) is 0 Å². The maximum absolute atomic E-state index is 12.4. The number of hydrogen-bond donors (Lipinski definition) is 0. The van der Waals surface area contributed by atoms with E-state index in [-0.39, 0.29) is 13.2 Å². The fourth-order valence-electron chi connectivity index (χ4n) is 1.81. The van der Waals surface area contributed by atoms with Crippen LogP contribution in [-0.4, -0.2) is 37.3 Å². The molecule has 0 atom stereocenters. The summed E-state index contributed by atoms with van der Waals surface area (Å²) < 4.78 is 42.5. The lowest BCUT2D eigenvalue weighted by atomic mass is 10.2. The van der Waals surface area contributed by atoms with Crippen molar-refractivity contribution in [1.82, 2.24) is 4.90 Å². The standard InChI is InChI=1S/C14H17F3N2O/c1-2-7-19(11-14(15,16)17)8-9-20-13-6-4-3-5-12(13)10-18/h3-6H,2,7-9,11H2,1H3. The Balaban J connectivity index is 2.50. The SMILES string of the molecule is CCCN(CCOc1ccccc1C#N)CC(F)(F)F. The highest BCUT2D eigenvalue weighted by atomic mass is 19.4. The zero-order valence-electron chi connectivity index (χ0n) is 11.3. The number of benzene rings is 1. The van der Waals surface area contributed by atoms with Crippen LogP contribution < -0.4 is 4.74 Å². The summed E-state index contributed by atoms with van der Waals surface area (Å²) in [4.78, 5) is 1.30. The van der Waals surface area contributed by atoms with Crippen LogP contribution in [0.3, 0.4) is 0 Å². The Labute approximate surface area is 116 Å². The highest BCUT2D eigenvalue weighted by Gasteiger charge is 2.30. The molecule has 0 spiro atoms. The molecule has 0 N–H and O–H groups in total. The van der Waals surface area contributed by atoms with Gasteiger partial charge in [0, 0.05) is 6.54 Å². The largest absolute Gasteiger partial charge is 0.491 e. The number of hydrogen-bond acceptors (Lipinski definition) is 3. The number of nitriles is 1. The molecule has 0 aliphatic rings. The van der Waals surface area contributed by atoms with Gasteiger partial charge in [-0.25, -0.2) is 0 Å². The highest BCUT2D eigenvalue weighted by molar-refractivity contribution is 5.42. The third-order valence-electron chi connectivity index (χ3n) is 2.62. The van der Waals surface area contributed by atoms with Gasteiger partial charge in [-0.1, -0.05) is 19.1 Å². The van der Waals surface area contributed by atoms with Crippen molar-refractivity contribution >= 4 is 0 Å². The molecule has 1 rings (SSSR count). The Hall–Kier alpha value is -1.74. The summed E-state index contributed by atoms with van der Waals surface area (Å²) in [5.74, 6) is 0.401. The summed E-state index contributed by atoms with van der Waals surface area (Å²) >= 11 is 0. The molecule has 1 aromatic carbocycles. The summed E-state index contributed by atoms with van der Waals surface area (Å²) in [6, 6.07) is 8.64. The second-order valence-electron chi connectivity index (χ2n) is 4.35. The van der Waals surface area contributed by atoms with Crippen molar-refractivity contribution in [2.45, 2.75) is 19.5 Å². The van der Waals surface area contributed by atoms with Gasteiger partial charge < -0.3 is 4.74 Å². The van der Waals surface area contributed by atoms with Gasteiger partial charge in [0.1, 0.15) is 18.4 Å². The van der Waals surface area contributed by atoms with Crippen molar-refractivity contribution in [3.63, 3.8) is 0 Å². The molecule has 0 bridgehead atoms. The van der Waals surface area contributed by atoms with Gasteiger partial charge >= 0.3 is 6.18 Å². The second kappa shape index (κ2) is 7.75. The molecule has 0 aliphatic carbocycles. The first kappa shape index (κ1) is 16.3. The third kappa shape index (κ3) is 5.93. The predicted molar refractivity (Wildman–Crippen MR) is 69.4 cm³/mol. The maximum atomic E-state index is 12.4. The van der Waals surface area contributed by atoms with E-state index < -0.39 is 12.7 Å². The summed E-state index contributed by atoms with van der Waals surface area (Å²) in [5.41, 5.74) is 0.380. The van der Waals surface area contributed by atoms with Gasteiger partial charge in [0.2, 0.25) is 0 Å². The van der Waals surface area contributed by atoms with Crippen LogP contribution in [0, 0.1) is 11.3 Å². The number of alkyl halides is 3. The maximum Gasteiger partial charge on any atom is 0.401 e. The molecule has 0 fully saturated rings. The van der Waals surface area contributed by atoms with E-state index >= 15 is 0 Å². The van der Waals surface area contributed by atoms with E-state index in [4.69, 9.17) is 10.00 Å². The molecule has 6 heteroatoms. The smallest absolute Gasteiger partial charge is 0.401 e. The summed E-state index contributed by atoms with van der Waals surface area (Å²) in [7, 11) is 0. The van der Waals surface area contributed by atoms with Crippen molar-refractivity contribution in [3.05, 3.63) is 29.8 Å². The average Bonchev–Trinajstić information content (AvgIpc) is 2.37. The molecule has 0 saturated carbocycles. The molecular formula is C14H17F3N2O. The number of rotatable bonds is 7. The van der Waals surface area contributed by atoms with Gasteiger partial charge in [-0.3, -0.25) is 4.90 Å². The first-order chi connectivity index (χ1) is 9.46. The molecular weight excluding hydrogens is 269 g/mol. The number of para-hydroxylation sites is 1. The molecule has 0 aromatic heterocycles. The molecule has 3 nitrogen and oxygen atoms in total. The van der Waals surface area contributed by atoms with Crippen LogP contribution in [0.15, 0.2) is 24.3 Å². The number of nitrogens with zero attached hydrogens (tertiary/aromatic N) is 2. The minimum atomic E-state index is -4.21. The van der Waals surface area contributed by atoms with Crippen LogP contribution in [0.4, 0.5) is 13.2 Å². The van der Waals surface area contributed by atoms with E-state index in [1.54, 1.807) is 24.3 Å². The molecule has 0 radical (unpaired) electrons. The zero-order valence-corrected chi connectivity index (χ0v) is 11.3. The third-order valence-corrected chi connectivity index (χ3v) is 2.62. The first-order valence-corrected chi connectivity index (χ1v) is 6.37. The minimum Gasteiger partial charge on any atom is -0.491 e. The van der Waals surface area contributed by atoms with Crippen molar-refractivity contribution in [1.29, 1.82) is 5.26 Å². The second-order valence-corrected chi connectivity index (χ2v) is 4.35. The van der Waals surface area contributed by atoms with Gasteiger partial charge in [-0.2, -0.15) is 18.4 Å². The van der Waals surface area contributed by atoms with Crippen molar-refractivity contribution < 1.29 is 17.9 Å². The molecule has 0 amide bonds. The van der Waals surface area contributed by atoms with Crippen LogP contribution in [0.5, 0.6) is 5.75 Å². The van der Waals surface area contributed by atoms with E-state index in [0.29, 0.717) is 24.3 Å². The minimum absolute atomic E-state index is 0.120. The molecule has 110 valence electrons. The zero-order chi connectivity index (χ0) is 15.0. The number of halogens is 3. The van der Waals surface area contributed by atoms with Gasteiger partial charge in [0.05, 0.1) is 12.1 Å². The van der Waals surface area contributed by atoms with Crippen LogP contribution in [0.1, 0.15) is 18.9 Å². The molecule has 0 aliphatic heterocycles. The Morgan fingerprint density at radius 1 is 1.25 bits per heavy atom. The molecule has 0 saturated heterocycles. The lowest BCUT2D eigenvalue weighted by Gasteiger charge is -2.23. The molecule has 0 heterocycles. The van der Waals surface area contributed by atoms with Crippen molar-refractivity contribution in [2.75, 3.05) is 26.2 Å². The lowest BCUT2D eigenvalue weighted by Crippen LogP contribution is -2.37. The monoisotopic (exact) mass is 286 g/mol. The van der Waals surface area contributed by atoms with Crippen LogP contribution in [0.25, 0.3) is 0 Å². The summed E-state index contributed by atoms with van der Waals surface area (Å²) in [5, 5.41) is 8.87. The quantitative estimate of drug-likeness (QED) is 0.772. The van der Waals surface area contributed by atoms with E-state index in [2.05, 4.69) is 0 Å². The fourth-order valence-corrected chi connectivity index (χ4v) is 1.81. The van der Waals surface area contributed by atoms with Gasteiger partial charge in [0.25, 0.3) is 0 Å². The van der Waals surface area contributed by atoms with Crippen molar-refractivity contribution in [3.8, 4) is 11.8 Å². The van der Waals surface area contributed by atoms with Crippen molar-refractivity contribution in [2.24, 2.45) is 0 Å². The highest BCUT2D eigenvalue weighted by Crippen LogP contribution is 2.18. The van der Waals surface area contributed by atoms with Gasteiger partial charge in [0.15, 0.2) is 0 Å². The lowest BCUT2D eigenvalue weighted by molar-refractivity contribution is -0.146. The Morgan fingerprint density at radius 2 is 1.95 bits per heavy atom. The Morgan fingerprint density at radius 3 is 2.55 bits per heavy atom. The van der Waals surface area contributed by atoms with E-state index in [1.165, 1.54) is 4.90 Å². The van der Waals surface area contributed by atoms with Crippen LogP contribution in [0.2, 0.25) is 0 Å². The fraction of sp³-hybridized carbons (Fsp3) is 0.500. The predicted octanol–water partition coefficient (Wildman–Crippen LogP) is 3.21. The van der Waals surface area contributed by atoms with Gasteiger partial charge in [-0.05, 0) is 25.1 Å². The Bertz CT molecular complexity index is 454. The van der Waals surface area contributed by atoms with E-state index in [0.717, 1.165) is 0 Å². The summed E-state index contributed by atoms with van der Waals surface area (Å²) in [6.45, 7) is 1.55. The summed E-state index contributed by atoms with van der Waals surface area (Å²) in [6.07, 6.45) is -3.56. The number of ether oxygens (including phenoxy) is 1. The van der Waals surface area contributed by atoms with E-state index in [9.17, 15) is 13.2 Å². The molecule has 0 unspecified atom stereocenters. The first-order valence-electron chi connectivity index (χ1n) is 6.37. The van der Waals surface area contributed by atoms with Crippen LogP contribution >= 0.6 is 0 Å². The topological polar surface area (TPSA) is 36.3 Å².